The second-order valence-electron chi connectivity index (χ2n) is 8.20. The molecule has 0 radical (unpaired) electrons. The molecule has 0 saturated heterocycles. The van der Waals surface area contributed by atoms with Gasteiger partial charge in [-0.2, -0.15) is 13.2 Å². The van der Waals surface area contributed by atoms with Gasteiger partial charge in [0.25, 0.3) is 0 Å². The molecule has 8 heteroatoms. The molecule has 0 aliphatic carbocycles. The number of nitrogens with zero attached hydrogens (tertiary/aromatic N) is 1. The smallest absolute Gasteiger partial charge is 0.416 e. The number of hydrogen-bond donors (Lipinski definition) is 2. The molecule has 0 spiro atoms. The fourth-order valence-electron chi connectivity index (χ4n) is 3.43. The number of aryl methyl sites for hydroxylation is 1. The Morgan fingerprint density at radius 3 is 2.29 bits per heavy atom. The molecule has 35 heavy (non-hydrogen) atoms. The molecule has 0 aliphatic rings. The minimum atomic E-state index is -4.52. The van der Waals surface area contributed by atoms with Crippen LogP contribution in [0.4, 0.5) is 13.2 Å². The number of hydrogen-bond acceptors (Lipinski definition) is 4. The van der Waals surface area contributed by atoms with Crippen LogP contribution in [-0.4, -0.2) is 23.3 Å². The van der Waals surface area contributed by atoms with Crippen molar-refractivity contribution in [1.82, 2.24) is 5.32 Å². The van der Waals surface area contributed by atoms with E-state index in [1.54, 1.807) is 25.1 Å². The van der Waals surface area contributed by atoms with Gasteiger partial charge in [0.05, 0.1) is 17.7 Å². The Bertz CT molecular complexity index is 1170. The van der Waals surface area contributed by atoms with Crippen molar-refractivity contribution in [2.45, 2.75) is 39.6 Å². The monoisotopic (exact) mass is 484 g/mol. The lowest BCUT2D eigenvalue weighted by Gasteiger charge is -2.14. The Morgan fingerprint density at radius 1 is 1.00 bits per heavy atom. The first-order chi connectivity index (χ1) is 16.6. The van der Waals surface area contributed by atoms with Crippen molar-refractivity contribution < 1.29 is 27.9 Å². The summed E-state index contributed by atoms with van der Waals surface area (Å²) in [6.45, 7) is 4.22. The maximum atomic E-state index is 13.7. The van der Waals surface area contributed by atoms with Gasteiger partial charge < -0.3 is 15.3 Å². The van der Waals surface area contributed by atoms with Gasteiger partial charge in [-0.05, 0) is 42.2 Å². The Labute approximate surface area is 202 Å². The summed E-state index contributed by atoms with van der Waals surface area (Å²) in [6, 6.07) is 18.9. The van der Waals surface area contributed by atoms with Crippen LogP contribution in [0.3, 0.4) is 0 Å². The standard InChI is InChI=1S/C27H27F3N2O3/c1-18-3-7-22(8-4-18)23-11-12-24(25(15-23)27(28,29)30)17-35-32-19(2)21-9-5-20(6-10-21)16-31-14-13-26(33)34/h3-12,15,31H,13-14,16-17H2,1-2H3,(H,33,34)/b32-19-. The number of rotatable bonds is 10. The van der Waals surface area contributed by atoms with Crippen LogP contribution in [0.25, 0.3) is 11.1 Å². The summed E-state index contributed by atoms with van der Waals surface area (Å²) in [5.74, 6) is -0.857. The fraction of sp³-hybridized carbons (Fsp3) is 0.259. The van der Waals surface area contributed by atoms with Crippen LogP contribution in [0, 0.1) is 6.92 Å². The number of alkyl halides is 3. The highest BCUT2D eigenvalue weighted by Crippen LogP contribution is 2.35. The molecule has 0 bridgehead atoms. The summed E-state index contributed by atoms with van der Waals surface area (Å²) < 4.78 is 41.2. The van der Waals surface area contributed by atoms with Crippen LogP contribution in [0.15, 0.2) is 71.9 Å². The van der Waals surface area contributed by atoms with E-state index in [4.69, 9.17) is 9.94 Å². The Balaban J connectivity index is 1.65. The van der Waals surface area contributed by atoms with Gasteiger partial charge in [0, 0.05) is 18.7 Å². The average molecular weight is 485 g/mol. The molecule has 5 nitrogen and oxygen atoms in total. The Morgan fingerprint density at radius 2 is 1.66 bits per heavy atom. The zero-order valence-electron chi connectivity index (χ0n) is 19.5. The molecule has 0 aromatic heterocycles. The van der Waals surface area contributed by atoms with Crippen molar-refractivity contribution >= 4 is 11.7 Å². The van der Waals surface area contributed by atoms with Crippen molar-refractivity contribution in [3.05, 3.63) is 94.5 Å². The maximum absolute atomic E-state index is 13.7. The van der Waals surface area contributed by atoms with Crippen LogP contribution in [-0.2, 0) is 29.0 Å². The van der Waals surface area contributed by atoms with Crippen molar-refractivity contribution in [2.24, 2.45) is 5.16 Å². The van der Waals surface area contributed by atoms with Crippen LogP contribution in [0.2, 0.25) is 0 Å². The van der Waals surface area contributed by atoms with Crippen molar-refractivity contribution in [2.75, 3.05) is 6.54 Å². The lowest BCUT2D eigenvalue weighted by Crippen LogP contribution is -2.17. The van der Waals surface area contributed by atoms with Gasteiger partial charge in [0.1, 0.15) is 6.61 Å². The molecule has 0 amide bonds. The first-order valence-electron chi connectivity index (χ1n) is 11.1. The highest BCUT2D eigenvalue weighted by Gasteiger charge is 2.33. The van der Waals surface area contributed by atoms with E-state index in [0.29, 0.717) is 29.9 Å². The number of aliphatic carboxylic acids is 1. The lowest BCUT2D eigenvalue weighted by atomic mass is 9.98. The molecule has 3 aromatic carbocycles. The van der Waals surface area contributed by atoms with Crippen LogP contribution in [0.1, 0.15) is 41.2 Å². The van der Waals surface area contributed by atoms with E-state index in [9.17, 15) is 18.0 Å². The first kappa shape index (κ1) is 26.0. The number of oxime groups is 1. The molecule has 2 N–H and O–H groups in total. The molecule has 0 heterocycles. The summed E-state index contributed by atoms with van der Waals surface area (Å²) in [5, 5.41) is 15.7. The molecule has 3 rings (SSSR count). The fourth-order valence-corrected chi connectivity index (χ4v) is 3.43. The van der Waals surface area contributed by atoms with E-state index in [2.05, 4.69) is 10.5 Å². The maximum Gasteiger partial charge on any atom is 0.416 e. The Hall–Kier alpha value is -3.65. The molecule has 0 atom stereocenters. The summed E-state index contributed by atoms with van der Waals surface area (Å²) in [4.78, 5) is 15.8. The van der Waals surface area contributed by atoms with E-state index in [1.165, 1.54) is 6.07 Å². The van der Waals surface area contributed by atoms with E-state index >= 15 is 0 Å². The van der Waals surface area contributed by atoms with Crippen molar-refractivity contribution in [1.29, 1.82) is 0 Å². The predicted molar refractivity (Wildman–Crippen MR) is 129 cm³/mol. The topological polar surface area (TPSA) is 70.9 Å². The molecule has 0 aliphatic heterocycles. The van der Waals surface area contributed by atoms with Crippen molar-refractivity contribution in [3.63, 3.8) is 0 Å². The number of halogens is 3. The van der Waals surface area contributed by atoms with Gasteiger partial charge in [-0.25, -0.2) is 0 Å². The molecule has 0 unspecified atom stereocenters. The quantitative estimate of drug-likeness (QED) is 0.205. The molecule has 184 valence electrons. The summed E-state index contributed by atoms with van der Waals surface area (Å²) in [6.07, 6.45) is -4.47. The van der Waals surface area contributed by atoms with Crippen LogP contribution < -0.4 is 5.32 Å². The second kappa shape index (κ2) is 11.7. The van der Waals surface area contributed by atoms with Gasteiger partial charge in [-0.15, -0.1) is 0 Å². The number of benzene rings is 3. The second-order valence-corrected chi connectivity index (χ2v) is 8.20. The minimum Gasteiger partial charge on any atom is -0.481 e. The van der Waals surface area contributed by atoms with E-state index in [-0.39, 0.29) is 18.6 Å². The summed E-state index contributed by atoms with van der Waals surface area (Å²) in [7, 11) is 0. The molecular formula is C27H27F3N2O3. The van der Waals surface area contributed by atoms with E-state index in [1.807, 2.05) is 43.3 Å². The highest BCUT2D eigenvalue weighted by atomic mass is 19.4. The van der Waals surface area contributed by atoms with Gasteiger partial charge in [0.2, 0.25) is 0 Å². The van der Waals surface area contributed by atoms with Crippen molar-refractivity contribution in [3.8, 4) is 11.1 Å². The minimum absolute atomic E-state index is 0.00712. The number of nitrogens with one attached hydrogen (secondary N) is 1. The zero-order valence-corrected chi connectivity index (χ0v) is 19.5. The Kier molecular flexibility index (Phi) is 8.65. The normalized spacial score (nSPS) is 12.0. The lowest BCUT2D eigenvalue weighted by molar-refractivity contribution is -0.139. The largest absolute Gasteiger partial charge is 0.481 e. The summed E-state index contributed by atoms with van der Waals surface area (Å²) >= 11 is 0. The first-order valence-corrected chi connectivity index (χ1v) is 11.1. The number of carbonyl (C=O) groups is 1. The highest BCUT2D eigenvalue weighted by molar-refractivity contribution is 5.98. The third-order valence-corrected chi connectivity index (χ3v) is 5.44. The average Bonchev–Trinajstić information content (AvgIpc) is 2.82. The van der Waals surface area contributed by atoms with E-state index in [0.717, 1.165) is 22.8 Å². The van der Waals surface area contributed by atoms with E-state index < -0.39 is 17.7 Å². The molecule has 0 saturated carbocycles. The molecular weight excluding hydrogens is 457 g/mol. The van der Waals surface area contributed by atoms with Gasteiger partial charge >= 0.3 is 12.1 Å². The summed E-state index contributed by atoms with van der Waals surface area (Å²) in [5.41, 5.74) is 3.75. The molecule has 3 aromatic rings. The van der Waals surface area contributed by atoms with Crippen LogP contribution >= 0.6 is 0 Å². The van der Waals surface area contributed by atoms with Gasteiger partial charge in [0.15, 0.2) is 0 Å². The SMILES string of the molecule is C/C(=N/OCc1ccc(-c2ccc(C)cc2)cc1C(F)(F)F)c1ccc(CNCCC(=O)O)cc1. The third kappa shape index (κ3) is 7.68. The third-order valence-electron chi connectivity index (χ3n) is 5.44. The zero-order chi connectivity index (χ0) is 25.4. The van der Waals surface area contributed by atoms with Gasteiger partial charge in [-0.3, -0.25) is 4.79 Å². The number of carboxylic acid groups (broad SMARTS) is 1. The van der Waals surface area contributed by atoms with Crippen LogP contribution in [0.5, 0.6) is 0 Å². The number of carboxylic acids is 1. The molecule has 0 fully saturated rings. The van der Waals surface area contributed by atoms with Gasteiger partial charge in [-0.1, -0.05) is 71.4 Å². The predicted octanol–water partition coefficient (Wildman–Crippen LogP) is 6.19.